The Morgan fingerprint density at radius 1 is 1.21 bits per heavy atom. The Labute approximate surface area is 122 Å². The number of nitrogens with two attached hydrogens (primary N) is 1. The molecule has 1 aliphatic heterocycles. The fourth-order valence-electron chi connectivity index (χ4n) is 2.18. The van der Waals surface area contributed by atoms with Crippen LogP contribution in [0.1, 0.15) is 6.42 Å². The quantitative estimate of drug-likeness (QED) is 0.596. The first-order valence-electron chi connectivity index (χ1n) is 7.02. The van der Waals surface area contributed by atoms with Gasteiger partial charge in [0.25, 0.3) is 0 Å². The summed E-state index contributed by atoms with van der Waals surface area (Å²) in [5.74, 6) is 0. The molecule has 1 rings (SSSR count). The molecule has 1 aliphatic rings. The molecule has 0 aromatic carbocycles. The zero-order valence-electron chi connectivity index (χ0n) is 12.3. The van der Waals surface area contributed by atoms with E-state index in [4.69, 9.17) is 22.7 Å². The fraction of sp³-hybridized carbons (Fsp3) is 0.923. The summed E-state index contributed by atoms with van der Waals surface area (Å²) in [6, 6.07) is 0. The molecule has 0 aromatic heterocycles. The van der Waals surface area contributed by atoms with Gasteiger partial charge in [0.05, 0.1) is 11.6 Å². The molecule has 0 bridgehead atoms. The van der Waals surface area contributed by atoms with E-state index in [-0.39, 0.29) is 0 Å². The molecule has 1 heterocycles. The SMILES string of the molecule is COCCN(CCC(N)=S)CCN1CCN(C)CC1. The number of nitrogens with zero attached hydrogens (tertiary/aromatic N) is 3. The van der Waals surface area contributed by atoms with Crippen molar-refractivity contribution in [1.29, 1.82) is 0 Å². The van der Waals surface area contributed by atoms with Crippen molar-refractivity contribution in [2.24, 2.45) is 5.73 Å². The van der Waals surface area contributed by atoms with Crippen LogP contribution in [0.25, 0.3) is 0 Å². The second kappa shape index (κ2) is 9.61. The zero-order chi connectivity index (χ0) is 14.1. The van der Waals surface area contributed by atoms with E-state index in [0.29, 0.717) is 4.99 Å². The minimum absolute atomic E-state index is 0.599. The van der Waals surface area contributed by atoms with Gasteiger partial charge >= 0.3 is 0 Å². The van der Waals surface area contributed by atoms with Crippen molar-refractivity contribution in [2.45, 2.75) is 6.42 Å². The average molecular weight is 288 g/mol. The molecule has 5 nitrogen and oxygen atoms in total. The summed E-state index contributed by atoms with van der Waals surface area (Å²) in [5, 5.41) is 0. The van der Waals surface area contributed by atoms with Crippen LogP contribution in [-0.4, -0.2) is 92.8 Å². The highest BCUT2D eigenvalue weighted by atomic mass is 32.1. The Hall–Kier alpha value is -0.270. The summed E-state index contributed by atoms with van der Waals surface area (Å²) < 4.78 is 5.16. The fourth-order valence-corrected chi connectivity index (χ4v) is 2.27. The maximum Gasteiger partial charge on any atom is 0.0740 e. The number of methoxy groups -OCH3 is 1. The highest BCUT2D eigenvalue weighted by molar-refractivity contribution is 7.80. The van der Waals surface area contributed by atoms with E-state index < -0.39 is 0 Å². The Bertz CT molecular complexity index is 257. The summed E-state index contributed by atoms with van der Waals surface area (Å²) in [5.41, 5.74) is 5.58. The third-order valence-corrected chi connectivity index (χ3v) is 3.82. The molecule has 1 fully saturated rings. The third kappa shape index (κ3) is 7.79. The molecule has 0 aliphatic carbocycles. The standard InChI is InChI=1S/C13H28N4OS/c1-15-5-7-17(8-6-15)10-9-16(11-12-18-2)4-3-13(14)19/h3-12H2,1-2H3,(H2,14,19). The van der Waals surface area contributed by atoms with Crippen LogP contribution < -0.4 is 5.73 Å². The van der Waals surface area contributed by atoms with Crippen molar-refractivity contribution in [3.8, 4) is 0 Å². The largest absolute Gasteiger partial charge is 0.393 e. The molecule has 0 aromatic rings. The maximum absolute atomic E-state index is 5.58. The van der Waals surface area contributed by atoms with Gasteiger partial charge in [-0.2, -0.15) is 0 Å². The van der Waals surface area contributed by atoms with Gasteiger partial charge in [-0.15, -0.1) is 0 Å². The van der Waals surface area contributed by atoms with E-state index in [1.807, 2.05) is 0 Å². The van der Waals surface area contributed by atoms with Gasteiger partial charge in [0.2, 0.25) is 0 Å². The Kier molecular flexibility index (Phi) is 8.48. The van der Waals surface area contributed by atoms with Gasteiger partial charge in [-0.3, -0.25) is 9.80 Å². The van der Waals surface area contributed by atoms with Crippen molar-refractivity contribution in [2.75, 3.05) is 73.1 Å². The van der Waals surface area contributed by atoms with Crippen molar-refractivity contribution in [3.05, 3.63) is 0 Å². The van der Waals surface area contributed by atoms with Crippen molar-refractivity contribution < 1.29 is 4.74 Å². The molecule has 112 valence electrons. The maximum atomic E-state index is 5.58. The first-order chi connectivity index (χ1) is 9.11. The summed E-state index contributed by atoms with van der Waals surface area (Å²) in [4.78, 5) is 7.90. The van der Waals surface area contributed by atoms with Gasteiger partial charge in [-0.05, 0) is 7.05 Å². The van der Waals surface area contributed by atoms with Crippen molar-refractivity contribution in [3.63, 3.8) is 0 Å². The summed E-state index contributed by atoms with van der Waals surface area (Å²) >= 11 is 4.95. The van der Waals surface area contributed by atoms with Crippen LogP contribution in [0.4, 0.5) is 0 Å². The monoisotopic (exact) mass is 288 g/mol. The Balaban J connectivity index is 2.24. The Morgan fingerprint density at radius 2 is 1.89 bits per heavy atom. The lowest BCUT2D eigenvalue weighted by Gasteiger charge is -2.34. The van der Waals surface area contributed by atoms with E-state index in [9.17, 15) is 0 Å². The minimum Gasteiger partial charge on any atom is -0.393 e. The second-order valence-corrected chi connectivity index (χ2v) is 5.72. The van der Waals surface area contributed by atoms with E-state index in [1.165, 1.54) is 26.2 Å². The molecule has 0 amide bonds. The lowest BCUT2D eigenvalue weighted by atomic mass is 10.3. The van der Waals surface area contributed by atoms with Crippen LogP contribution in [0.3, 0.4) is 0 Å². The Morgan fingerprint density at radius 3 is 2.47 bits per heavy atom. The smallest absolute Gasteiger partial charge is 0.0740 e. The first kappa shape index (κ1) is 16.8. The second-order valence-electron chi connectivity index (χ2n) is 5.20. The minimum atomic E-state index is 0.599. The molecule has 0 spiro atoms. The molecule has 0 atom stereocenters. The molecule has 6 heteroatoms. The van der Waals surface area contributed by atoms with Gasteiger partial charge in [-0.25, -0.2) is 0 Å². The van der Waals surface area contributed by atoms with Crippen LogP contribution >= 0.6 is 12.2 Å². The van der Waals surface area contributed by atoms with Crippen LogP contribution in [0, 0.1) is 0 Å². The molecule has 0 unspecified atom stereocenters. The van der Waals surface area contributed by atoms with Crippen molar-refractivity contribution in [1.82, 2.24) is 14.7 Å². The number of piperazine rings is 1. The van der Waals surface area contributed by atoms with Crippen LogP contribution in [-0.2, 0) is 4.74 Å². The molecule has 2 N–H and O–H groups in total. The molecular weight excluding hydrogens is 260 g/mol. The number of hydrogen-bond acceptors (Lipinski definition) is 5. The summed E-state index contributed by atoms with van der Waals surface area (Å²) in [6.07, 6.45) is 0.793. The summed E-state index contributed by atoms with van der Waals surface area (Å²) in [6.45, 7) is 9.52. The topological polar surface area (TPSA) is 45.0 Å². The average Bonchev–Trinajstić information content (AvgIpc) is 2.39. The number of likely N-dealkylation sites (N-methyl/N-ethyl adjacent to an activating group) is 1. The third-order valence-electron chi connectivity index (χ3n) is 3.61. The van der Waals surface area contributed by atoms with Crippen LogP contribution in [0.5, 0.6) is 0 Å². The molecule has 19 heavy (non-hydrogen) atoms. The van der Waals surface area contributed by atoms with Crippen LogP contribution in [0.2, 0.25) is 0 Å². The molecule has 0 radical (unpaired) electrons. The number of hydrogen-bond donors (Lipinski definition) is 1. The number of rotatable bonds is 9. The number of ether oxygens (including phenoxy) is 1. The highest BCUT2D eigenvalue weighted by Crippen LogP contribution is 2.00. The summed E-state index contributed by atoms with van der Waals surface area (Å²) in [7, 11) is 3.93. The first-order valence-corrected chi connectivity index (χ1v) is 7.43. The highest BCUT2D eigenvalue weighted by Gasteiger charge is 2.14. The number of thiocarbonyl (C=S) groups is 1. The van der Waals surface area contributed by atoms with Gasteiger partial charge in [0, 0.05) is 65.9 Å². The van der Waals surface area contributed by atoms with E-state index in [1.54, 1.807) is 7.11 Å². The van der Waals surface area contributed by atoms with E-state index >= 15 is 0 Å². The van der Waals surface area contributed by atoms with Gasteiger partial charge < -0.3 is 15.4 Å². The predicted octanol–water partition coefficient (Wildman–Crippen LogP) is -0.142. The van der Waals surface area contributed by atoms with Crippen LogP contribution in [0.15, 0.2) is 0 Å². The normalized spacial score (nSPS) is 18.1. The van der Waals surface area contributed by atoms with Crippen molar-refractivity contribution >= 4 is 17.2 Å². The molecular formula is C13H28N4OS. The predicted molar refractivity (Wildman–Crippen MR) is 83.7 cm³/mol. The van der Waals surface area contributed by atoms with Gasteiger partial charge in [-0.1, -0.05) is 12.2 Å². The van der Waals surface area contributed by atoms with Gasteiger partial charge in [0.1, 0.15) is 0 Å². The lowest BCUT2D eigenvalue weighted by molar-refractivity contribution is 0.116. The van der Waals surface area contributed by atoms with Gasteiger partial charge in [0.15, 0.2) is 0 Å². The van der Waals surface area contributed by atoms with E-state index in [2.05, 4.69) is 21.7 Å². The van der Waals surface area contributed by atoms with E-state index in [0.717, 1.165) is 39.2 Å². The lowest BCUT2D eigenvalue weighted by Crippen LogP contribution is -2.47. The molecule has 1 saturated heterocycles. The molecule has 0 saturated carbocycles. The zero-order valence-corrected chi connectivity index (χ0v) is 13.1.